The molecule has 0 amide bonds. The van der Waals surface area contributed by atoms with Crippen molar-refractivity contribution in [2.24, 2.45) is 0 Å². The van der Waals surface area contributed by atoms with Crippen LogP contribution in [0.5, 0.6) is 11.6 Å². The van der Waals surface area contributed by atoms with Crippen molar-refractivity contribution in [3.63, 3.8) is 0 Å². The van der Waals surface area contributed by atoms with E-state index in [1.54, 1.807) is 0 Å². The quantitative estimate of drug-likeness (QED) is 0.889. The van der Waals surface area contributed by atoms with E-state index in [1.165, 1.54) is 11.1 Å². The second-order valence-corrected chi connectivity index (χ2v) is 5.87. The van der Waals surface area contributed by atoms with E-state index >= 15 is 0 Å². The number of aryl methyl sites for hydroxylation is 3. The number of ether oxygens (including phenoxy) is 1. The third-order valence-electron chi connectivity index (χ3n) is 3.35. The van der Waals surface area contributed by atoms with Gasteiger partial charge in [0.1, 0.15) is 5.75 Å². The summed E-state index contributed by atoms with van der Waals surface area (Å²) in [7, 11) is 0. The predicted octanol–water partition coefficient (Wildman–Crippen LogP) is 4.30. The number of benzene rings is 1. The summed E-state index contributed by atoms with van der Waals surface area (Å²) in [6.45, 7) is 11.2. The number of aromatic nitrogens is 1. The highest BCUT2D eigenvalue weighted by molar-refractivity contribution is 5.40. The number of hydrogen-bond donors (Lipinski definition) is 1. The highest BCUT2D eigenvalue weighted by Crippen LogP contribution is 2.27. The molecule has 1 N–H and O–H groups in total. The summed E-state index contributed by atoms with van der Waals surface area (Å²) in [6.07, 6.45) is 1.88. The highest BCUT2D eigenvalue weighted by Gasteiger charge is 2.07. The minimum atomic E-state index is 0.469. The van der Waals surface area contributed by atoms with Crippen LogP contribution < -0.4 is 10.1 Å². The average molecular weight is 284 g/mol. The lowest BCUT2D eigenvalue weighted by atomic mass is 10.1. The van der Waals surface area contributed by atoms with Crippen LogP contribution in [0.15, 0.2) is 30.5 Å². The van der Waals surface area contributed by atoms with Crippen molar-refractivity contribution in [1.82, 2.24) is 10.3 Å². The van der Waals surface area contributed by atoms with Gasteiger partial charge in [-0.3, -0.25) is 0 Å². The topological polar surface area (TPSA) is 34.1 Å². The molecule has 0 bridgehead atoms. The molecule has 112 valence electrons. The zero-order valence-electron chi connectivity index (χ0n) is 13.5. The van der Waals surface area contributed by atoms with Gasteiger partial charge in [-0.2, -0.15) is 0 Å². The molecule has 21 heavy (non-hydrogen) atoms. The van der Waals surface area contributed by atoms with Crippen molar-refractivity contribution in [2.75, 3.05) is 0 Å². The Morgan fingerprint density at radius 2 is 1.86 bits per heavy atom. The van der Waals surface area contributed by atoms with Crippen molar-refractivity contribution in [1.29, 1.82) is 0 Å². The molecule has 0 saturated carbocycles. The summed E-state index contributed by atoms with van der Waals surface area (Å²) < 4.78 is 5.97. The molecule has 0 aliphatic rings. The fourth-order valence-electron chi connectivity index (χ4n) is 2.07. The van der Waals surface area contributed by atoms with Gasteiger partial charge in [-0.15, -0.1) is 0 Å². The second-order valence-electron chi connectivity index (χ2n) is 5.87. The summed E-state index contributed by atoms with van der Waals surface area (Å²) in [6, 6.07) is 8.80. The van der Waals surface area contributed by atoms with Crippen molar-refractivity contribution in [3.05, 3.63) is 52.7 Å². The Balaban J connectivity index is 2.15. The van der Waals surface area contributed by atoms with E-state index in [0.717, 1.165) is 23.4 Å². The van der Waals surface area contributed by atoms with Gasteiger partial charge in [0, 0.05) is 24.3 Å². The molecule has 0 unspecified atom stereocenters. The van der Waals surface area contributed by atoms with Crippen LogP contribution in [0.25, 0.3) is 0 Å². The van der Waals surface area contributed by atoms with Gasteiger partial charge in [-0.1, -0.05) is 26.0 Å². The minimum Gasteiger partial charge on any atom is -0.438 e. The molecule has 2 aromatic rings. The molecule has 0 atom stereocenters. The SMILES string of the molecule is Cc1ccc(C)c(Oc2ncc(CNC(C)C)cc2C)c1. The van der Waals surface area contributed by atoms with E-state index in [4.69, 9.17) is 4.74 Å². The summed E-state index contributed by atoms with van der Waals surface area (Å²) in [4.78, 5) is 4.46. The lowest BCUT2D eigenvalue weighted by Crippen LogP contribution is -2.21. The zero-order chi connectivity index (χ0) is 15.4. The van der Waals surface area contributed by atoms with Crippen molar-refractivity contribution in [2.45, 2.75) is 47.2 Å². The van der Waals surface area contributed by atoms with E-state index in [9.17, 15) is 0 Å². The molecule has 1 aromatic heterocycles. The molecule has 0 aliphatic heterocycles. The Hall–Kier alpha value is -1.87. The number of nitrogens with zero attached hydrogens (tertiary/aromatic N) is 1. The zero-order valence-corrected chi connectivity index (χ0v) is 13.5. The molecule has 1 aromatic carbocycles. The van der Waals surface area contributed by atoms with E-state index in [2.05, 4.69) is 49.3 Å². The first-order valence-corrected chi connectivity index (χ1v) is 7.39. The maximum Gasteiger partial charge on any atom is 0.222 e. The van der Waals surface area contributed by atoms with Gasteiger partial charge in [0.15, 0.2) is 0 Å². The van der Waals surface area contributed by atoms with E-state index in [1.807, 2.05) is 26.1 Å². The molecule has 0 radical (unpaired) electrons. The van der Waals surface area contributed by atoms with Crippen molar-refractivity contribution in [3.8, 4) is 11.6 Å². The Kier molecular flexibility index (Phi) is 4.97. The van der Waals surface area contributed by atoms with Gasteiger partial charge in [-0.05, 0) is 49.6 Å². The Morgan fingerprint density at radius 3 is 2.52 bits per heavy atom. The van der Waals surface area contributed by atoms with E-state index in [-0.39, 0.29) is 0 Å². The third-order valence-corrected chi connectivity index (χ3v) is 3.35. The lowest BCUT2D eigenvalue weighted by molar-refractivity contribution is 0.454. The van der Waals surface area contributed by atoms with Crippen LogP contribution in [0.1, 0.15) is 36.1 Å². The molecule has 2 rings (SSSR count). The monoisotopic (exact) mass is 284 g/mol. The molecule has 0 saturated heterocycles. The van der Waals surface area contributed by atoms with Gasteiger partial charge in [0.2, 0.25) is 5.88 Å². The lowest BCUT2D eigenvalue weighted by Gasteiger charge is -2.13. The van der Waals surface area contributed by atoms with Crippen LogP contribution in [0.3, 0.4) is 0 Å². The summed E-state index contributed by atoms with van der Waals surface area (Å²) in [5.41, 5.74) is 4.53. The largest absolute Gasteiger partial charge is 0.438 e. The fraction of sp³-hybridized carbons (Fsp3) is 0.389. The molecular weight excluding hydrogens is 260 g/mol. The maximum atomic E-state index is 5.97. The summed E-state index contributed by atoms with van der Waals surface area (Å²) in [5.74, 6) is 1.55. The summed E-state index contributed by atoms with van der Waals surface area (Å²) >= 11 is 0. The minimum absolute atomic E-state index is 0.469. The van der Waals surface area contributed by atoms with Crippen LogP contribution in [0.2, 0.25) is 0 Å². The van der Waals surface area contributed by atoms with Gasteiger partial charge >= 0.3 is 0 Å². The van der Waals surface area contributed by atoms with Crippen LogP contribution in [0.4, 0.5) is 0 Å². The van der Waals surface area contributed by atoms with Crippen LogP contribution in [-0.4, -0.2) is 11.0 Å². The fourth-order valence-corrected chi connectivity index (χ4v) is 2.07. The Morgan fingerprint density at radius 1 is 1.10 bits per heavy atom. The van der Waals surface area contributed by atoms with Crippen LogP contribution >= 0.6 is 0 Å². The molecule has 3 heteroatoms. The Bertz CT molecular complexity index is 621. The average Bonchev–Trinajstić information content (AvgIpc) is 2.43. The summed E-state index contributed by atoms with van der Waals surface area (Å²) in [5, 5.41) is 3.39. The highest BCUT2D eigenvalue weighted by atomic mass is 16.5. The molecule has 0 fully saturated rings. The predicted molar refractivity (Wildman–Crippen MR) is 86.9 cm³/mol. The maximum absolute atomic E-state index is 5.97. The van der Waals surface area contributed by atoms with Gasteiger partial charge in [-0.25, -0.2) is 4.98 Å². The van der Waals surface area contributed by atoms with Crippen molar-refractivity contribution >= 4 is 0 Å². The first-order valence-electron chi connectivity index (χ1n) is 7.39. The number of pyridine rings is 1. The molecular formula is C18H24N2O. The van der Waals surface area contributed by atoms with Gasteiger partial charge in [0.05, 0.1) is 0 Å². The van der Waals surface area contributed by atoms with E-state index in [0.29, 0.717) is 11.9 Å². The number of nitrogens with one attached hydrogen (secondary N) is 1. The van der Waals surface area contributed by atoms with Crippen LogP contribution in [0, 0.1) is 20.8 Å². The molecule has 0 aliphatic carbocycles. The number of rotatable bonds is 5. The normalized spacial score (nSPS) is 11.0. The number of hydrogen-bond acceptors (Lipinski definition) is 3. The smallest absolute Gasteiger partial charge is 0.222 e. The molecule has 3 nitrogen and oxygen atoms in total. The van der Waals surface area contributed by atoms with E-state index < -0.39 is 0 Å². The Labute approximate surface area is 127 Å². The second kappa shape index (κ2) is 6.72. The first-order chi connectivity index (χ1) is 9.95. The standard InChI is InChI=1S/C18H24N2O/c1-12(2)19-10-16-9-15(5)18(20-11-16)21-17-8-13(3)6-7-14(17)4/h6-9,11-12,19H,10H2,1-5H3. The van der Waals surface area contributed by atoms with Crippen LogP contribution in [-0.2, 0) is 6.54 Å². The first kappa shape index (κ1) is 15.5. The molecule has 0 spiro atoms. The van der Waals surface area contributed by atoms with Gasteiger partial charge in [0.25, 0.3) is 0 Å². The molecule has 1 heterocycles. The third kappa shape index (κ3) is 4.30. The van der Waals surface area contributed by atoms with Gasteiger partial charge < -0.3 is 10.1 Å². The van der Waals surface area contributed by atoms with Crippen molar-refractivity contribution < 1.29 is 4.74 Å².